The van der Waals surface area contributed by atoms with Crippen molar-refractivity contribution in [2.24, 2.45) is 0 Å². The fourth-order valence-corrected chi connectivity index (χ4v) is 1.89. The third kappa shape index (κ3) is 2.30. The van der Waals surface area contributed by atoms with Crippen molar-refractivity contribution < 1.29 is 21.1 Å². The first-order chi connectivity index (χ1) is 7.95. The van der Waals surface area contributed by atoms with Gasteiger partial charge in [0.2, 0.25) is 0 Å². The molecule has 0 atom stereocenters. The molecule has 1 aromatic heterocycles. The number of hydrogen-bond acceptors (Lipinski definition) is 1. The van der Waals surface area contributed by atoms with Crippen molar-refractivity contribution in [3.8, 4) is 11.3 Å². The average molecular weight is 399 g/mol. The zero-order chi connectivity index (χ0) is 10.8. The molecule has 86 valence electrons. The van der Waals surface area contributed by atoms with Crippen LogP contribution < -0.4 is 0 Å². The summed E-state index contributed by atoms with van der Waals surface area (Å²) in [5, 5.41) is 2.42. The van der Waals surface area contributed by atoms with E-state index in [0.29, 0.717) is 0 Å². The van der Waals surface area contributed by atoms with E-state index in [0.717, 1.165) is 11.3 Å². The zero-order valence-corrected chi connectivity index (χ0v) is 11.3. The molecule has 0 aliphatic carbocycles. The van der Waals surface area contributed by atoms with Gasteiger partial charge in [-0.2, -0.15) is 0 Å². The minimum absolute atomic E-state index is 0. The molecule has 0 aliphatic heterocycles. The molecule has 0 spiro atoms. The smallest absolute Gasteiger partial charge is 0.0160 e. The number of hydrogen-bond donors (Lipinski definition) is 0. The van der Waals surface area contributed by atoms with E-state index in [1.165, 1.54) is 10.8 Å². The maximum absolute atomic E-state index is 4.37. The Morgan fingerprint density at radius 3 is 2.53 bits per heavy atom. The molecule has 0 fully saturated rings. The van der Waals surface area contributed by atoms with Gasteiger partial charge in [0.1, 0.15) is 0 Å². The topological polar surface area (TPSA) is 12.9 Å². The number of aromatic nitrogens is 1. The fourth-order valence-electron chi connectivity index (χ4n) is 1.89. The molecule has 0 amide bonds. The predicted octanol–water partition coefficient (Wildman–Crippen LogP) is 3.70. The molecule has 2 heteroatoms. The summed E-state index contributed by atoms with van der Waals surface area (Å²) in [6.07, 6.45) is 1.81. The summed E-state index contributed by atoms with van der Waals surface area (Å²) < 4.78 is 0. The van der Waals surface area contributed by atoms with Gasteiger partial charge in [0.05, 0.1) is 0 Å². The van der Waals surface area contributed by atoms with E-state index < -0.39 is 0 Å². The Morgan fingerprint density at radius 2 is 1.71 bits per heavy atom. The summed E-state index contributed by atoms with van der Waals surface area (Å²) in [5.74, 6) is 0. The molecular weight excluding hydrogens is 389 g/mol. The van der Waals surface area contributed by atoms with Crippen molar-refractivity contribution in [2.45, 2.75) is 0 Å². The fraction of sp³-hybridized carbons (Fsp3) is 0. The molecule has 3 aromatic rings. The van der Waals surface area contributed by atoms with Crippen LogP contribution in [0.5, 0.6) is 0 Å². The Kier molecular flexibility index (Phi) is 3.71. The van der Waals surface area contributed by atoms with Gasteiger partial charge in [-0.3, -0.25) is 0 Å². The van der Waals surface area contributed by atoms with Gasteiger partial charge in [0.25, 0.3) is 0 Å². The van der Waals surface area contributed by atoms with Gasteiger partial charge in [0, 0.05) is 27.3 Å². The van der Waals surface area contributed by atoms with Gasteiger partial charge in [-0.25, -0.2) is 0 Å². The minimum Gasteiger partial charge on any atom is -0.305 e. The van der Waals surface area contributed by atoms with Crippen LogP contribution in [0.25, 0.3) is 22.0 Å². The van der Waals surface area contributed by atoms with E-state index in [4.69, 9.17) is 0 Å². The van der Waals surface area contributed by atoms with Crippen LogP contribution in [-0.2, 0) is 21.1 Å². The Bertz CT molecular complexity index is 615. The summed E-state index contributed by atoms with van der Waals surface area (Å²) in [6, 6.07) is 21.5. The van der Waals surface area contributed by atoms with E-state index in [1.807, 2.05) is 42.6 Å². The molecule has 0 unspecified atom stereocenters. The van der Waals surface area contributed by atoms with Gasteiger partial charge in [-0.1, -0.05) is 41.8 Å². The second-order valence-electron chi connectivity index (χ2n) is 3.65. The van der Waals surface area contributed by atoms with Crippen molar-refractivity contribution >= 4 is 10.8 Å². The quantitative estimate of drug-likeness (QED) is 0.569. The third-order valence-corrected chi connectivity index (χ3v) is 2.64. The van der Waals surface area contributed by atoms with Crippen LogP contribution in [0.4, 0.5) is 0 Å². The molecule has 1 heterocycles. The largest absolute Gasteiger partial charge is 0.305 e. The summed E-state index contributed by atoms with van der Waals surface area (Å²) in [5.41, 5.74) is 2.04. The molecule has 0 bridgehead atoms. The maximum atomic E-state index is 4.37. The van der Waals surface area contributed by atoms with Crippen molar-refractivity contribution in [1.82, 2.24) is 4.98 Å². The predicted molar refractivity (Wildman–Crippen MR) is 66.0 cm³/mol. The van der Waals surface area contributed by atoms with E-state index in [-0.39, 0.29) is 21.1 Å². The second kappa shape index (κ2) is 5.25. The number of fused-ring (bicyclic) bond motifs is 1. The summed E-state index contributed by atoms with van der Waals surface area (Å²) >= 11 is 0. The molecule has 0 N–H and O–H groups in total. The average Bonchev–Trinajstić information content (AvgIpc) is 2.39. The van der Waals surface area contributed by atoms with Crippen LogP contribution in [0.2, 0.25) is 0 Å². The number of nitrogens with zero attached hydrogens (tertiary/aromatic N) is 1. The number of rotatable bonds is 1. The molecule has 2 aromatic carbocycles. The normalized spacial score (nSPS) is 9.88. The summed E-state index contributed by atoms with van der Waals surface area (Å²) in [7, 11) is 0. The minimum atomic E-state index is 0. The second-order valence-corrected chi connectivity index (χ2v) is 3.65. The van der Waals surface area contributed by atoms with E-state index in [1.54, 1.807) is 0 Å². The van der Waals surface area contributed by atoms with Crippen molar-refractivity contribution in [3.63, 3.8) is 0 Å². The van der Waals surface area contributed by atoms with Gasteiger partial charge in [-0.05, 0) is 11.8 Å². The Labute approximate surface area is 115 Å². The molecule has 0 radical (unpaired) electrons. The molecule has 17 heavy (non-hydrogen) atoms. The molecule has 1 nitrogen and oxygen atoms in total. The molecular formula is C15H10NPt-. The summed E-state index contributed by atoms with van der Waals surface area (Å²) in [4.78, 5) is 4.37. The maximum Gasteiger partial charge on any atom is 0.0160 e. The third-order valence-electron chi connectivity index (χ3n) is 2.64. The van der Waals surface area contributed by atoms with E-state index in [2.05, 4.69) is 29.2 Å². The van der Waals surface area contributed by atoms with Crippen LogP contribution in [0.15, 0.2) is 60.8 Å². The Morgan fingerprint density at radius 1 is 0.882 bits per heavy atom. The first-order valence-corrected chi connectivity index (χ1v) is 5.26. The van der Waals surface area contributed by atoms with Crippen LogP contribution in [-0.4, -0.2) is 4.98 Å². The Balaban J connectivity index is 0.00000108. The van der Waals surface area contributed by atoms with Crippen molar-refractivity contribution in [3.05, 3.63) is 66.9 Å². The Hall–Kier alpha value is -1.46. The monoisotopic (exact) mass is 399 g/mol. The summed E-state index contributed by atoms with van der Waals surface area (Å²) in [6.45, 7) is 0. The van der Waals surface area contributed by atoms with Gasteiger partial charge in [-0.15, -0.1) is 29.1 Å². The van der Waals surface area contributed by atoms with Crippen LogP contribution in [0, 0.1) is 6.07 Å². The standard InChI is InChI=1S/C15H10N.Pt/c1-2-8-13-12(6-1)7-5-9-14(13)15-10-3-4-11-16-15;/h1-8,10-11H;/q-1;. The zero-order valence-electron chi connectivity index (χ0n) is 9.04. The van der Waals surface area contributed by atoms with Gasteiger partial charge >= 0.3 is 0 Å². The van der Waals surface area contributed by atoms with E-state index in [9.17, 15) is 0 Å². The first kappa shape index (κ1) is 12.0. The number of benzene rings is 2. The number of pyridine rings is 1. The molecule has 3 rings (SSSR count). The van der Waals surface area contributed by atoms with Crippen molar-refractivity contribution in [2.75, 3.05) is 0 Å². The van der Waals surface area contributed by atoms with Gasteiger partial charge in [0.15, 0.2) is 0 Å². The van der Waals surface area contributed by atoms with Crippen molar-refractivity contribution in [1.29, 1.82) is 0 Å². The van der Waals surface area contributed by atoms with Crippen LogP contribution >= 0.6 is 0 Å². The first-order valence-electron chi connectivity index (χ1n) is 5.26. The molecule has 0 aliphatic rings. The molecule has 0 saturated heterocycles. The van der Waals surface area contributed by atoms with Gasteiger partial charge < -0.3 is 4.98 Å². The SMILES string of the molecule is [Pt].[c-]1ccc2ccccc2c1-c1ccccn1. The van der Waals surface area contributed by atoms with Crippen LogP contribution in [0.1, 0.15) is 0 Å². The molecule has 0 saturated carbocycles. The van der Waals surface area contributed by atoms with Crippen LogP contribution in [0.3, 0.4) is 0 Å². The van der Waals surface area contributed by atoms with E-state index >= 15 is 0 Å².